The fourth-order valence-corrected chi connectivity index (χ4v) is 2.52. The third-order valence-corrected chi connectivity index (χ3v) is 3.78. The molecule has 1 unspecified atom stereocenters. The maximum atomic E-state index is 12.1. The zero-order chi connectivity index (χ0) is 14.7. The first kappa shape index (κ1) is 14.7. The highest BCUT2D eigenvalue weighted by atomic mass is 16.2. The molecule has 2 rings (SSSR count). The lowest BCUT2D eigenvalue weighted by atomic mass is 10.1. The topological polar surface area (TPSA) is 92.1 Å². The summed E-state index contributed by atoms with van der Waals surface area (Å²) in [6, 6.07) is 0. The van der Waals surface area contributed by atoms with Gasteiger partial charge in [-0.2, -0.15) is 0 Å². The number of H-pyrrole nitrogens is 1. The van der Waals surface area contributed by atoms with Gasteiger partial charge in [-0.05, 0) is 32.2 Å². The normalized spacial score (nSPS) is 18.9. The van der Waals surface area contributed by atoms with Crippen molar-refractivity contribution in [2.24, 2.45) is 11.7 Å². The van der Waals surface area contributed by atoms with E-state index in [1.807, 2.05) is 6.92 Å². The molecular formula is C14H22N4O2. The molecule has 1 atom stereocenters. The van der Waals surface area contributed by atoms with Crippen molar-refractivity contribution in [2.45, 2.75) is 39.5 Å². The largest absolute Gasteiger partial charge is 0.330 e. The molecule has 0 bridgehead atoms. The van der Waals surface area contributed by atoms with Crippen LogP contribution < -0.4 is 16.2 Å². The Morgan fingerprint density at radius 1 is 1.45 bits per heavy atom. The highest BCUT2D eigenvalue weighted by Crippen LogP contribution is 2.21. The van der Waals surface area contributed by atoms with Gasteiger partial charge in [0, 0.05) is 24.2 Å². The summed E-state index contributed by atoms with van der Waals surface area (Å²) in [6.45, 7) is 4.91. The Hall–Kier alpha value is -1.69. The molecule has 6 heteroatoms. The van der Waals surface area contributed by atoms with E-state index in [0.29, 0.717) is 31.2 Å². The maximum absolute atomic E-state index is 12.1. The van der Waals surface area contributed by atoms with E-state index in [2.05, 4.69) is 16.9 Å². The molecule has 20 heavy (non-hydrogen) atoms. The second kappa shape index (κ2) is 6.17. The minimum absolute atomic E-state index is 0.0238. The van der Waals surface area contributed by atoms with Gasteiger partial charge in [-0.25, -0.2) is 4.98 Å². The van der Waals surface area contributed by atoms with Crippen LogP contribution in [0, 0.1) is 12.8 Å². The van der Waals surface area contributed by atoms with Gasteiger partial charge >= 0.3 is 0 Å². The summed E-state index contributed by atoms with van der Waals surface area (Å²) in [7, 11) is 0. The Bertz CT molecular complexity index is 553. The van der Waals surface area contributed by atoms with Gasteiger partial charge in [0.25, 0.3) is 5.56 Å². The van der Waals surface area contributed by atoms with E-state index in [9.17, 15) is 9.59 Å². The summed E-state index contributed by atoms with van der Waals surface area (Å²) in [5.74, 6) is 0.478. The van der Waals surface area contributed by atoms with Crippen molar-refractivity contribution in [3.63, 3.8) is 0 Å². The molecule has 1 saturated heterocycles. The second-order valence-electron chi connectivity index (χ2n) is 5.37. The summed E-state index contributed by atoms with van der Waals surface area (Å²) in [4.78, 5) is 32.7. The number of nitrogens with one attached hydrogen (secondary N) is 1. The number of carbonyl (C=O) groups excluding carboxylic acids is 1. The second-order valence-corrected chi connectivity index (χ2v) is 5.37. The van der Waals surface area contributed by atoms with Crippen molar-refractivity contribution < 1.29 is 4.79 Å². The number of anilines is 1. The number of aryl methyl sites for hydroxylation is 1. The monoisotopic (exact) mass is 278 g/mol. The van der Waals surface area contributed by atoms with Gasteiger partial charge in [0.2, 0.25) is 11.9 Å². The molecule has 0 aliphatic carbocycles. The highest BCUT2D eigenvalue weighted by molar-refractivity contribution is 5.94. The van der Waals surface area contributed by atoms with Gasteiger partial charge in [-0.15, -0.1) is 0 Å². The summed E-state index contributed by atoms with van der Waals surface area (Å²) < 4.78 is 0. The number of rotatable bonds is 5. The van der Waals surface area contributed by atoms with Crippen LogP contribution in [0.2, 0.25) is 0 Å². The number of nitrogens with zero attached hydrogens (tertiary/aromatic N) is 2. The minimum atomic E-state index is -0.134. The summed E-state index contributed by atoms with van der Waals surface area (Å²) in [5, 5.41) is 0. The lowest BCUT2D eigenvalue weighted by Gasteiger charge is -2.16. The van der Waals surface area contributed by atoms with Crippen LogP contribution in [0.5, 0.6) is 0 Å². The molecule has 1 aromatic rings. The van der Waals surface area contributed by atoms with Crippen LogP contribution in [0.1, 0.15) is 37.4 Å². The van der Waals surface area contributed by atoms with Crippen molar-refractivity contribution in [1.82, 2.24) is 9.97 Å². The molecule has 1 amide bonds. The SMILES string of the molecule is CCCCc1c(C)nc(N2CC(CN)CC2=O)[nH]c1=O. The standard InChI is InChI=1S/C14H22N4O2/c1-3-4-5-11-9(2)16-14(17-13(11)20)18-8-10(7-15)6-12(18)19/h10H,3-8,15H2,1-2H3,(H,16,17,20). The van der Waals surface area contributed by atoms with E-state index < -0.39 is 0 Å². The van der Waals surface area contributed by atoms with Gasteiger partial charge in [0.05, 0.1) is 0 Å². The van der Waals surface area contributed by atoms with Crippen molar-refractivity contribution in [3.8, 4) is 0 Å². The number of nitrogens with two attached hydrogens (primary N) is 1. The molecule has 1 aliphatic heterocycles. The van der Waals surface area contributed by atoms with Crippen LogP contribution in [0.4, 0.5) is 5.95 Å². The average molecular weight is 278 g/mol. The van der Waals surface area contributed by atoms with Crippen LogP contribution in [0.3, 0.4) is 0 Å². The summed E-state index contributed by atoms with van der Waals surface area (Å²) in [5.41, 5.74) is 6.90. The summed E-state index contributed by atoms with van der Waals surface area (Å²) in [6.07, 6.45) is 3.15. The lowest BCUT2D eigenvalue weighted by molar-refractivity contribution is -0.117. The van der Waals surface area contributed by atoms with E-state index in [-0.39, 0.29) is 17.4 Å². The molecule has 0 radical (unpaired) electrons. The predicted molar refractivity (Wildman–Crippen MR) is 77.7 cm³/mol. The summed E-state index contributed by atoms with van der Waals surface area (Å²) >= 11 is 0. The minimum Gasteiger partial charge on any atom is -0.330 e. The van der Waals surface area contributed by atoms with Crippen molar-refractivity contribution >= 4 is 11.9 Å². The van der Waals surface area contributed by atoms with E-state index in [0.717, 1.165) is 24.8 Å². The fraction of sp³-hybridized carbons (Fsp3) is 0.643. The van der Waals surface area contributed by atoms with E-state index >= 15 is 0 Å². The number of aromatic nitrogens is 2. The molecule has 2 heterocycles. The fourth-order valence-electron chi connectivity index (χ4n) is 2.52. The quantitative estimate of drug-likeness (QED) is 0.830. The van der Waals surface area contributed by atoms with Gasteiger partial charge in [-0.3, -0.25) is 19.5 Å². The van der Waals surface area contributed by atoms with Crippen LogP contribution in [-0.2, 0) is 11.2 Å². The van der Waals surface area contributed by atoms with Gasteiger partial charge in [0.1, 0.15) is 0 Å². The lowest BCUT2D eigenvalue weighted by Crippen LogP contribution is -2.31. The number of hydrogen-bond acceptors (Lipinski definition) is 4. The van der Waals surface area contributed by atoms with Gasteiger partial charge in [-0.1, -0.05) is 13.3 Å². The molecule has 1 fully saturated rings. The van der Waals surface area contributed by atoms with Crippen molar-refractivity contribution in [2.75, 3.05) is 18.0 Å². The van der Waals surface area contributed by atoms with Crippen LogP contribution in [0.15, 0.2) is 4.79 Å². The first-order chi connectivity index (χ1) is 9.56. The zero-order valence-electron chi connectivity index (χ0n) is 12.1. The van der Waals surface area contributed by atoms with E-state index in [1.165, 1.54) is 4.90 Å². The Morgan fingerprint density at radius 3 is 2.75 bits per heavy atom. The molecule has 6 nitrogen and oxygen atoms in total. The number of amides is 1. The van der Waals surface area contributed by atoms with Crippen LogP contribution in [0.25, 0.3) is 0 Å². The van der Waals surface area contributed by atoms with E-state index in [1.54, 1.807) is 0 Å². The molecule has 0 saturated carbocycles. The third-order valence-electron chi connectivity index (χ3n) is 3.78. The zero-order valence-corrected chi connectivity index (χ0v) is 12.1. The third kappa shape index (κ3) is 2.90. The van der Waals surface area contributed by atoms with E-state index in [4.69, 9.17) is 5.73 Å². The predicted octanol–water partition coefficient (Wildman–Crippen LogP) is 0.733. The molecule has 1 aliphatic rings. The van der Waals surface area contributed by atoms with Crippen molar-refractivity contribution in [1.29, 1.82) is 0 Å². The molecular weight excluding hydrogens is 256 g/mol. The Labute approximate surface area is 118 Å². The Balaban J connectivity index is 2.26. The number of aromatic amines is 1. The molecule has 1 aromatic heterocycles. The van der Waals surface area contributed by atoms with Gasteiger partial charge < -0.3 is 5.73 Å². The highest BCUT2D eigenvalue weighted by Gasteiger charge is 2.31. The van der Waals surface area contributed by atoms with Crippen LogP contribution in [-0.4, -0.2) is 29.0 Å². The molecule has 0 aromatic carbocycles. The molecule has 3 N–H and O–H groups in total. The number of carbonyl (C=O) groups is 1. The first-order valence-corrected chi connectivity index (χ1v) is 7.17. The number of unbranched alkanes of at least 4 members (excludes halogenated alkanes) is 1. The van der Waals surface area contributed by atoms with Gasteiger partial charge in [0.15, 0.2) is 0 Å². The number of hydrogen-bond donors (Lipinski definition) is 2. The smallest absolute Gasteiger partial charge is 0.255 e. The first-order valence-electron chi connectivity index (χ1n) is 7.17. The van der Waals surface area contributed by atoms with Crippen LogP contribution >= 0.6 is 0 Å². The Morgan fingerprint density at radius 2 is 2.20 bits per heavy atom. The average Bonchev–Trinajstić information content (AvgIpc) is 2.79. The maximum Gasteiger partial charge on any atom is 0.255 e. The molecule has 110 valence electrons. The Kier molecular flexibility index (Phi) is 4.54. The van der Waals surface area contributed by atoms with Crippen molar-refractivity contribution in [3.05, 3.63) is 21.6 Å². The molecule has 0 spiro atoms.